The molecule has 0 bridgehead atoms. The average molecular weight is 279 g/mol. The third kappa shape index (κ3) is 3.62. The summed E-state index contributed by atoms with van der Waals surface area (Å²) in [5.41, 5.74) is 1.79. The van der Waals surface area contributed by atoms with Gasteiger partial charge in [-0.05, 0) is 18.6 Å². The predicted molar refractivity (Wildman–Crippen MR) is 72.2 cm³/mol. The van der Waals surface area contributed by atoms with Crippen molar-refractivity contribution in [2.75, 3.05) is 5.32 Å². The van der Waals surface area contributed by atoms with Gasteiger partial charge in [-0.2, -0.15) is 0 Å². The van der Waals surface area contributed by atoms with E-state index < -0.39 is 4.92 Å². The van der Waals surface area contributed by atoms with Gasteiger partial charge in [0.1, 0.15) is 11.0 Å². The Balaban J connectivity index is 2.11. The van der Waals surface area contributed by atoms with Gasteiger partial charge in [0.25, 0.3) is 5.69 Å². The molecule has 6 nitrogen and oxygen atoms in total. The third-order valence-electron chi connectivity index (χ3n) is 2.44. The van der Waals surface area contributed by atoms with Gasteiger partial charge in [-0.15, -0.1) is 0 Å². The second-order valence-electron chi connectivity index (χ2n) is 3.95. The molecule has 0 saturated carbocycles. The van der Waals surface area contributed by atoms with Crippen LogP contribution in [0.5, 0.6) is 0 Å². The van der Waals surface area contributed by atoms with Gasteiger partial charge in [0.05, 0.1) is 17.1 Å². The van der Waals surface area contributed by atoms with Crippen molar-refractivity contribution in [2.45, 2.75) is 13.5 Å². The molecule has 19 heavy (non-hydrogen) atoms. The van der Waals surface area contributed by atoms with E-state index in [0.29, 0.717) is 12.4 Å². The molecule has 0 fully saturated rings. The lowest BCUT2D eigenvalue weighted by atomic mass is 10.2. The number of pyridine rings is 2. The first-order valence-corrected chi connectivity index (χ1v) is 5.90. The SMILES string of the molecule is Cc1ccc(CNc2cc([N+](=O)[O-])cc(Cl)n2)cn1. The fourth-order valence-electron chi connectivity index (χ4n) is 1.47. The van der Waals surface area contributed by atoms with Crippen LogP contribution in [0.15, 0.2) is 30.5 Å². The van der Waals surface area contributed by atoms with E-state index in [1.54, 1.807) is 6.20 Å². The van der Waals surface area contributed by atoms with Gasteiger partial charge in [-0.3, -0.25) is 15.1 Å². The van der Waals surface area contributed by atoms with E-state index in [1.165, 1.54) is 12.1 Å². The quantitative estimate of drug-likeness (QED) is 0.528. The highest BCUT2D eigenvalue weighted by Crippen LogP contribution is 2.20. The molecule has 0 aromatic carbocycles. The van der Waals surface area contributed by atoms with E-state index in [1.807, 2.05) is 19.1 Å². The summed E-state index contributed by atoms with van der Waals surface area (Å²) in [6.07, 6.45) is 1.74. The number of hydrogen-bond donors (Lipinski definition) is 1. The van der Waals surface area contributed by atoms with Crippen molar-refractivity contribution < 1.29 is 4.92 Å². The summed E-state index contributed by atoms with van der Waals surface area (Å²) in [5.74, 6) is 0.361. The van der Waals surface area contributed by atoms with Gasteiger partial charge in [0, 0.05) is 18.4 Å². The van der Waals surface area contributed by atoms with Crippen molar-refractivity contribution in [2.24, 2.45) is 0 Å². The molecule has 0 aliphatic carbocycles. The normalized spacial score (nSPS) is 10.2. The summed E-state index contributed by atoms with van der Waals surface area (Å²) in [4.78, 5) is 18.3. The standard InChI is InChI=1S/C12H11ClN4O2/c1-8-2-3-9(6-14-8)7-15-12-5-10(17(18)19)4-11(13)16-12/h2-6H,7H2,1H3,(H,15,16). The summed E-state index contributed by atoms with van der Waals surface area (Å²) in [5, 5.41) is 13.8. The molecule has 0 aliphatic rings. The topological polar surface area (TPSA) is 81.0 Å². The molecular formula is C12H11ClN4O2. The number of anilines is 1. The molecule has 0 saturated heterocycles. The summed E-state index contributed by atoms with van der Waals surface area (Å²) in [7, 11) is 0. The van der Waals surface area contributed by atoms with Gasteiger partial charge in [-0.25, -0.2) is 4.98 Å². The van der Waals surface area contributed by atoms with Gasteiger partial charge in [0.2, 0.25) is 0 Å². The second kappa shape index (κ2) is 5.62. The van der Waals surface area contributed by atoms with E-state index in [4.69, 9.17) is 11.6 Å². The maximum Gasteiger partial charge on any atom is 0.276 e. The van der Waals surface area contributed by atoms with Crippen LogP contribution in [0, 0.1) is 17.0 Å². The minimum Gasteiger partial charge on any atom is -0.366 e. The van der Waals surface area contributed by atoms with E-state index in [9.17, 15) is 10.1 Å². The second-order valence-corrected chi connectivity index (χ2v) is 4.34. The van der Waals surface area contributed by atoms with Gasteiger partial charge in [-0.1, -0.05) is 17.7 Å². The van der Waals surface area contributed by atoms with Crippen molar-refractivity contribution in [1.29, 1.82) is 0 Å². The van der Waals surface area contributed by atoms with Gasteiger partial charge in [0.15, 0.2) is 0 Å². The van der Waals surface area contributed by atoms with Crippen LogP contribution in [0.3, 0.4) is 0 Å². The molecule has 2 heterocycles. The number of aromatic nitrogens is 2. The number of hydrogen-bond acceptors (Lipinski definition) is 5. The lowest BCUT2D eigenvalue weighted by Gasteiger charge is -2.06. The molecule has 7 heteroatoms. The fraction of sp³-hybridized carbons (Fsp3) is 0.167. The van der Waals surface area contributed by atoms with Crippen LogP contribution in [0.1, 0.15) is 11.3 Å². The Morgan fingerprint density at radius 2 is 2.21 bits per heavy atom. The molecule has 0 aliphatic heterocycles. The Hall–Kier alpha value is -2.21. The first kappa shape index (κ1) is 13.2. The molecule has 0 atom stereocenters. The molecule has 0 radical (unpaired) electrons. The zero-order chi connectivity index (χ0) is 13.8. The Kier molecular flexibility index (Phi) is 3.91. The largest absolute Gasteiger partial charge is 0.366 e. The summed E-state index contributed by atoms with van der Waals surface area (Å²) < 4.78 is 0. The first-order valence-electron chi connectivity index (χ1n) is 5.52. The van der Waals surface area contributed by atoms with Gasteiger partial charge < -0.3 is 5.32 Å². The van der Waals surface area contributed by atoms with Crippen LogP contribution >= 0.6 is 11.6 Å². The molecule has 98 valence electrons. The minimum atomic E-state index is -0.508. The average Bonchev–Trinajstić information content (AvgIpc) is 2.37. The maximum atomic E-state index is 10.7. The maximum absolute atomic E-state index is 10.7. The van der Waals surface area contributed by atoms with Crippen molar-refractivity contribution in [3.05, 3.63) is 57.0 Å². The van der Waals surface area contributed by atoms with Crippen LogP contribution in [-0.2, 0) is 6.54 Å². The summed E-state index contributed by atoms with van der Waals surface area (Å²) >= 11 is 5.73. The molecule has 0 amide bonds. The molecule has 2 aromatic rings. The third-order valence-corrected chi connectivity index (χ3v) is 2.63. The Morgan fingerprint density at radius 3 is 2.84 bits per heavy atom. The molecule has 2 rings (SSSR count). The number of rotatable bonds is 4. The summed E-state index contributed by atoms with van der Waals surface area (Å²) in [6.45, 7) is 2.37. The number of nitrogens with zero attached hydrogens (tertiary/aromatic N) is 3. The van der Waals surface area contributed by atoms with E-state index >= 15 is 0 Å². The Labute approximate surface area is 114 Å². The van der Waals surface area contributed by atoms with Crippen LogP contribution in [0.2, 0.25) is 5.15 Å². The Morgan fingerprint density at radius 1 is 1.42 bits per heavy atom. The number of nitro groups is 1. The van der Waals surface area contributed by atoms with Gasteiger partial charge >= 0.3 is 0 Å². The predicted octanol–water partition coefficient (Wildman–Crippen LogP) is 2.96. The summed E-state index contributed by atoms with van der Waals surface area (Å²) in [6, 6.07) is 6.37. The van der Waals surface area contributed by atoms with Crippen molar-refractivity contribution in [3.8, 4) is 0 Å². The molecule has 1 N–H and O–H groups in total. The van der Waals surface area contributed by atoms with Crippen molar-refractivity contribution >= 4 is 23.1 Å². The van der Waals surface area contributed by atoms with Crippen LogP contribution < -0.4 is 5.32 Å². The first-order chi connectivity index (χ1) is 9.04. The number of nitrogens with one attached hydrogen (secondary N) is 1. The number of aryl methyl sites for hydroxylation is 1. The Bertz CT molecular complexity index is 601. The van der Waals surface area contributed by atoms with E-state index in [2.05, 4.69) is 15.3 Å². The highest BCUT2D eigenvalue weighted by Gasteiger charge is 2.09. The molecule has 2 aromatic heterocycles. The molecule has 0 unspecified atom stereocenters. The van der Waals surface area contributed by atoms with Crippen LogP contribution in [-0.4, -0.2) is 14.9 Å². The lowest BCUT2D eigenvalue weighted by Crippen LogP contribution is -2.03. The highest BCUT2D eigenvalue weighted by molar-refractivity contribution is 6.29. The van der Waals surface area contributed by atoms with E-state index in [-0.39, 0.29) is 10.8 Å². The zero-order valence-electron chi connectivity index (χ0n) is 10.1. The zero-order valence-corrected chi connectivity index (χ0v) is 10.9. The van der Waals surface area contributed by atoms with Crippen molar-refractivity contribution in [1.82, 2.24) is 9.97 Å². The smallest absolute Gasteiger partial charge is 0.276 e. The fourth-order valence-corrected chi connectivity index (χ4v) is 1.68. The van der Waals surface area contributed by atoms with E-state index in [0.717, 1.165) is 11.3 Å². The van der Waals surface area contributed by atoms with Crippen LogP contribution in [0.4, 0.5) is 11.5 Å². The molecular weight excluding hydrogens is 268 g/mol. The number of halogens is 1. The van der Waals surface area contributed by atoms with Crippen molar-refractivity contribution in [3.63, 3.8) is 0 Å². The highest BCUT2D eigenvalue weighted by atomic mass is 35.5. The minimum absolute atomic E-state index is 0.0822. The monoisotopic (exact) mass is 278 g/mol. The molecule has 0 spiro atoms. The lowest BCUT2D eigenvalue weighted by molar-refractivity contribution is -0.384. The van der Waals surface area contributed by atoms with Crippen LogP contribution in [0.25, 0.3) is 0 Å².